The van der Waals surface area contributed by atoms with Crippen LogP contribution in [0.1, 0.15) is 72.4 Å². The third kappa shape index (κ3) is 2.53. The number of carbonyl (C=O) groups excluding carboxylic acids is 1. The standard InChI is InChI=1S/C19H23N5O2/c1-19(2,9-25)22-18(26)16-13-6-11-5-12(11)17(13)24(23-16)15-8-20-14(7-21-15)10-3-4-10/h7-8,10-12,25H,3-6,9H2,1-2H3,(H,22,26)/t11-,12-/m1/s1. The summed E-state index contributed by atoms with van der Waals surface area (Å²) in [5.41, 5.74) is 2.98. The molecule has 0 unspecified atom stereocenters. The minimum Gasteiger partial charge on any atom is -0.394 e. The number of amides is 1. The van der Waals surface area contributed by atoms with Gasteiger partial charge in [-0.15, -0.1) is 0 Å². The summed E-state index contributed by atoms with van der Waals surface area (Å²) in [6.45, 7) is 3.46. The van der Waals surface area contributed by atoms with E-state index in [1.54, 1.807) is 20.0 Å². The van der Waals surface area contributed by atoms with E-state index in [-0.39, 0.29) is 12.5 Å². The minimum atomic E-state index is -0.680. The van der Waals surface area contributed by atoms with Gasteiger partial charge < -0.3 is 10.4 Å². The number of nitrogens with zero attached hydrogens (tertiary/aromatic N) is 4. The first-order chi connectivity index (χ1) is 12.5. The zero-order valence-electron chi connectivity index (χ0n) is 15.1. The first kappa shape index (κ1) is 15.9. The normalized spacial score (nSPS) is 23.5. The van der Waals surface area contributed by atoms with E-state index in [0.717, 1.165) is 29.8 Å². The van der Waals surface area contributed by atoms with Gasteiger partial charge in [-0.2, -0.15) is 5.10 Å². The molecule has 2 aromatic heterocycles. The predicted molar refractivity (Wildman–Crippen MR) is 94.3 cm³/mol. The molecule has 0 aromatic carbocycles. The second kappa shape index (κ2) is 5.36. The van der Waals surface area contributed by atoms with E-state index in [2.05, 4.69) is 20.4 Å². The van der Waals surface area contributed by atoms with Crippen LogP contribution in [0, 0.1) is 5.92 Å². The summed E-state index contributed by atoms with van der Waals surface area (Å²) in [6.07, 6.45) is 8.07. The number of aliphatic hydroxyl groups is 1. The molecule has 5 rings (SSSR count). The van der Waals surface area contributed by atoms with Crippen LogP contribution in [0.15, 0.2) is 12.4 Å². The van der Waals surface area contributed by atoms with Gasteiger partial charge in [0.05, 0.1) is 35.9 Å². The van der Waals surface area contributed by atoms with Gasteiger partial charge in [0.1, 0.15) is 0 Å². The number of aromatic nitrogens is 4. The Kier molecular flexibility index (Phi) is 3.28. The van der Waals surface area contributed by atoms with Crippen LogP contribution in [-0.2, 0) is 6.42 Å². The SMILES string of the molecule is CC(C)(CO)NC(=O)c1nn(-c2cnc(C3CC3)cn2)c2c1C[C@H]1C[C@@H]21. The van der Waals surface area contributed by atoms with Crippen LogP contribution in [0.25, 0.3) is 5.82 Å². The van der Waals surface area contributed by atoms with Crippen LogP contribution in [0.3, 0.4) is 0 Å². The van der Waals surface area contributed by atoms with Crippen LogP contribution in [-0.4, -0.2) is 42.9 Å². The van der Waals surface area contributed by atoms with Crippen molar-refractivity contribution in [2.75, 3.05) is 6.61 Å². The van der Waals surface area contributed by atoms with Gasteiger partial charge in [0, 0.05) is 17.4 Å². The fraction of sp³-hybridized carbons (Fsp3) is 0.579. The number of aliphatic hydroxyl groups excluding tert-OH is 1. The molecule has 26 heavy (non-hydrogen) atoms. The Morgan fingerprint density at radius 3 is 2.81 bits per heavy atom. The maximum Gasteiger partial charge on any atom is 0.272 e. The lowest BCUT2D eigenvalue weighted by atomic mass is 10.1. The lowest BCUT2D eigenvalue weighted by Crippen LogP contribution is -2.46. The maximum atomic E-state index is 12.8. The Morgan fingerprint density at radius 2 is 2.15 bits per heavy atom. The summed E-state index contributed by atoms with van der Waals surface area (Å²) in [5.74, 6) is 2.12. The highest BCUT2D eigenvalue weighted by Gasteiger charge is 2.50. The van der Waals surface area contributed by atoms with Gasteiger partial charge in [-0.3, -0.25) is 9.78 Å². The molecule has 2 atom stereocenters. The fourth-order valence-corrected chi connectivity index (χ4v) is 3.91. The number of nitrogens with one attached hydrogen (secondary N) is 1. The van der Waals surface area contributed by atoms with Gasteiger partial charge in [0.15, 0.2) is 11.5 Å². The molecule has 2 saturated carbocycles. The van der Waals surface area contributed by atoms with E-state index >= 15 is 0 Å². The van der Waals surface area contributed by atoms with Gasteiger partial charge in [0.2, 0.25) is 0 Å². The van der Waals surface area contributed by atoms with Crippen LogP contribution in [0.5, 0.6) is 0 Å². The summed E-state index contributed by atoms with van der Waals surface area (Å²) in [7, 11) is 0. The number of hydrogen-bond acceptors (Lipinski definition) is 5. The minimum absolute atomic E-state index is 0.124. The number of hydrogen-bond donors (Lipinski definition) is 2. The average Bonchev–Trinajstić information content (AvgIpc) is 3.53. The van der Waals surface area contributed by atoms with Gasteiger partial charge in [-0.1, -0.05) is 0 Å². The lowest BCUT2D eigenvalue weighted by molar-refractivity contribution is 0.0863. The topological polar surface area (TPSA) is 92.9 Å². The van der Waals surface area contributed by atoms with Crippen molar-refractivity contribution < 1.29 is 9.90 Å². The lowest BCUT2D eigenvalue weighted by Gasteiger charge is -2.23. The van der Waals surface area contributed by atoms with E-state index in [1.807, 2.05) is 10.9 Å². The molecule has 0 bridgehead atoms. The summed E-state index contributed by atoms with van der Waals surface area (Å²) in [4.78, 5) is 21.9. The van der Waals surface area contributed by atoms with E-state index in [0.29, 0.717) is 29.3 Å². The largest absolute Gasteiger partial charge is 0.394 e. The molecule has 2 heterocycles. The molecule has 0 saturated heterocycles. The zero-order chi connectivity index (χ0) is 18.1. The molecule has 0 aliphatic heterocycles. The molecule has 1 amide bonds. The Hall–Kier alpha value is -2.28. The first-order valence-electron chi connectivity index (χ1n) is 9.34. The quantitative estimate of drug-likeness (QED) is 0.853. The second-order valence-electron chi connectivity index (χ2n) is 8.50. The predicted octanol–water partition coefficient (Wildman–Crippen LogP) is 1.70. The van der Waals surface area contributed by atoms with Gasteiger partial charge in [-0.05, 0) is 45.4 Å². The summed E-state index contributed by atoms with van der Waals surface area (Å²) in [6, 6.07) is 0. The number of fused-ring (bicyclic) bond motifs is 3. The summed E-state index contributed by atoms with van der Waals surface area (Å²) < 4.78 is 1.82. The Balaban J connectivity index is 1.51. The maximum absolute atomic E-state index is 12.8. The zero-order valence-corrected chi connectivity index (χ0v) is 15.1. The van der Waals surface area contributed by atoms with Gasteiger partial charge in [0.25, 0.3) is 5.91 Å². The third-order valence-corrected chi connectivity index (χ3v) is 5.70. The van der Waals surface area contributed by atoms with Crippen molar-refractivity contribution in [1.82, 2.24) is 25.1 Å². The number of carbonyl (C=O) groups is 1. The molecule has 2 N–H and O–H groups in total. The monoisotopic (exact) mass is 353 g/mol. The van der Waals surface area contributed by atoms with E-state index in [9.17, 15) is 9.90 Å². The first-order valence-corrected chi connectivity index (χ1v) is 9.34. The summed E-state index contributed by atoms with van der Waals surface area (Å²) >= 11 is 0. The third-order valence-electron chi connectivity index (χ3n) is 5.70. The molecular formula is C19H23N5O2. The molecule has 2 aromatic rings. The average molecular weight is 353 g/mol. The van der Waals surface area contributed by atoms with Crippen molar-refractivity contribution in [2.24, 2.45) is 5.92 Å². The van der Waals surface area contributed by atoms with Gasteiger partial charge >= 0.3 is 0 Å². The highest BCUT2D eigenvalue weighted by atomic mass is 16.3. The molecule has 136 valence electrons. The summed E-state index contributed by atoms with van der Waals surface area (Å²) in [5, 5.41) is 16.9. The molecule has 0 spiro atoms. The molecule has 0 radical (unpaired) electrons. The molecule has 3 aliphatic carbocycles. The molecule has 2 fully saturated rings. The van der Waals surface area contributed by atoms with Crippen LogP contribution >= 0.6 is 0 Å². The molecular weight excluding hydrogens is 330 g/mol. The van der Waals surface area contributed by atoms with E-state index in [1.165, 1.54) is 12.8 Å². The Labute approximate surface area is 151 Å². The molecule has 3 aliphatic rings. The van der Waals surface area contributed by atoms with Crippen LogP contribution in [0.4, 0.5) is 0 Å². The van der Waals surface area contributed by atoms with Crippen molar-refractivity contribution in [3.63, 3.8) is 0 Å². The van der Waals surface area contributed by atoms with E-state index < -0.39 is 5.54 Å². The highest BCUT2D eigenvalue weighted by Crippen LogP contribution is 2.57. The van der Waals surface area contributed by atoms with E-state index in [4.69, 9.17) is 0 Å². The van der Waals surface area contributed by atoms with Crippen molar-refractivity contribution in [2.45, 2.75) is 56.9 Å². The Morgan fingerprint density at radius 1 is 1.35 bits per heavy atom. The van der Waals surface area contributed by atoms with Crippen molar-refractivity contribution in [3.05, 3.63) is 35.0 Å². The second-order valence-corrected chi connectivity index (χ2v) is 8.50. The fourth-order valence-electron chi connectivity index (χ4n) is 3.91. The van der Waals surface area contributed by atoms with Gasteiger partial charge in [-0.25, -0.2) is 9.67 Å². The van der Waals surface area contributed by atoms with Crippen molar-refractivity contribution >= 4 is 5.91 Å². The van der Waals surface area contributed by atoms with Crippen LogP contribution in [0.2, 0.25) is 0 Å². The number of rotatable bonds is 5. The van der Waals surface area contributed by atoms with Crippen molar-refractivity contribution in [1.29, 1.82) is 0 Å². The van der Waals surface area contributed by atoms with Crippen molar-refractivity contribution in [3.8, 4) is 5.82 Å². The van der Waals surface area contributed by atoms with Crippen LogP contribution < -0.4 is 5.32 Å². The smallest absolute Gasteiger partial charge is 0.272 e. The molecule has 7 nitrogen and oxygen atoms in total. The molecule has 7 heteroatoms. The Bertz CT molecular complexity index is 882. The highest BCUT2D eigenvalue weighted by molar-refractivity contribution is 5.95.